The van der Waals surface area contributed by atoms with Crippen molar-refractivity contribution >= 4 is 23.6 Å². The molecule has 1 aliphatic heterocycles. The highest BCUT2D eigenvalue weighted by Crippen LogP contribution is 2.55. The first-order chi connectivity index (χ1) is 13.8. The van der Waals surface area contributed by atoms with Crippen LogP contribution >= 0.6 is 11.6 Å². The molecule has 0 radical (unpaired) electrons. The minimum Gasteiger partial charge on any atom is -0.490 e. The molecule has 2 N–H and O–H groups in total. The highest BCUT2D eigenvalue weighted by molar-refractivity contribution is 6.30. The monoisotopic (exact) mass is 423 g/mol. The van der Waals surface area contributed by atoms with Crippen LogP contribution in [0.15, 0.2) is 28.8 Å². The van der Waals surface area contributed by atoms with Crippen molar-refractivity contribution in [3.63, 3.8) is 0 Å². The zero-order valence-corrected chi connectivity index (χ0v) is 16.3. The van der Waals surface area contributed by atoms with Gasteiger partial charge >= 0.3 is 6.09 Å². The van der Waals surface area contributed by atoms with Gasteiger partial charge in [-0.15, -0.1) is 0 Å². The molecular weight excluding hydrogens is 405 g/mol. The topological polar surface area (TPSA) is 105 Å². The van der Waals surface area contributed by atoms with E-state index in [4.69, 9.17) is 20.9 Å². The van der Waals surface area contributed by atoms with Crippen LogP contribution in [0.3, 0.4) is 0 Å². The molecule has 2 aromatic rings. The van der Waals surface area contributed by atoms with Gasteiger partial charge in [-0.1, -0.05) is 16.8 Å². The van der Waals surface area contributed by atoms with Crippen molar-refractivity contribution in [2.75, 3.05) is 13.6 Å². The van der Waals surface area contributed by atoms with E-state index < -0.39 is 11.9 Å². The molecule has 1 aromatic carbocycles. The van der Waals surface area contributed by atoms with Gasteiger partial charge in [0, 0.05) is 43.6 Å². The minimum atomic E-state index is -1.00. The number of hydrogen-bond acceptors (Lipinski definition) is 5. The standard InChI is InChI=1S/C19H19ClFN3O5/c1-22-17(25)15-5-11(29-23-15)6-16-19(9-24(16)18(26)27)7-12(8-19)28-10-2-3-13(20)14(21)4-10/h2-5,12,16H,6-9H2,1H3,(H,22,25)(H,26,27). The van der Waals surface area contributed by atoms with Gasteiger partial charge in [-0.25, -0.2) is 9.18 Å². The number of amides is 2. The van der Waals surface area contributed by atoms with Gasteiger partial charge in [0.15, 0.2) is 5.69 Å². The molecule has 29 heavy (non-hydrogen) atoms. The first kappa shape index (κ1) is 19.5. The van der Waals surface area contributed by atoms with Gasteiger partial charge in [0.05, 0.1) is 5.02 Å². The van der Waals surface area contributed by atoms with Crippen LogP contribution < -0.4 is 10.1 Å². The van der Waals surface area contributed by atoms with E-state index in [0.29, 0.717) is 37.3 Å². The van der Waals surface area contributed by atoms with Crippen LogP contribution in [-0.2, 0) is 6.42 Å². The van der Waals surface area contributed by atoms with E-state index in [1.807, 2.05) is 0 Å². The van der Waals surface area contributed by atoms with Crippen LogP contribution in [0.25, 0.3) is 0 Å². The lowest BCUT2D eigenvalue weighted by Gasteiger charge is -2.63. The molecule has 1 atom stereocenters. The molecule has 10 heteroatoms. The van der Waals surface area contributed by atoms with Crippen molar-refractivity contribution in [2.45, 2.75) is 31.4 Å². The van der Waals surface area contributed by atoms with E-state index in [1.165, 1.54) is 30.1 Å². The number of halogens is 2. The third-order valence-electron chi connectivity index (χ3n) is 5.69. The summed E-state index contributed by atoms with van der Waals surface area (Å²) >= 11 is 5.68. The summed E-state index contributed by atoms with van der Waals surface area (Å²) in [5, 5.41) is 15.7. The largest absolute Gasteiger partial charge is 0.490 e. The molecule has 1 aliphatic carbocycles. The van der Waals surface area contributed by atoms with Gasteiger partial charge in [-0.3, -0.25) is 4.79 Å². The quantitative estimate of drug-likeness (QED) is 0.766. The van der Waals surface area contributed by atoms with Gasteiger partial charge in [-0.05, 0) is 25.0 Å². The number of carbonyl (C=O) groups is 2. The first-order valence-electron chi connectivity index (χ1n) is 9.10. The molecular formula is C19H19ClFN3O5. The number of likely N-dealkylation sites (tertiary alicyclic amines) is 1. The van der Waals surface area contributed by atoms with Crippen LogP contribution in [-0.4, -0.2) is 52.9 Å². The maximum atomic E-state index is 13.6. The summed E-state index contributed by atoms with van der Waals surface area (Å²) in [7, 11) is 1.49. The lowest BCUT2D eigenvalue weighted by atomic mass is 9.56. The maximum Gasteiger partial charge on any atom is 0.407 e. The van der Waals surface area contributed by atoms with Crippen LogP contribution in [0.5, 0.6) is 5.75 Å². The Bertz CT molecular complexity index is 959. The minimum absolute atomic E-state index is 0.0294. The number of ether oxygens (including phenoxy) is 1. The Labute approximate surface area is 170 Å². The number of aromatic nitrogens is 1. The molecule has 1 unspecified atom stereocenters. The van der Waals surface area contributed by atoms with Gasteiger partial charge in [0.25, 0.3) is 5.91 Å². The number of nitrogens with one attached hydrogen (secondary N) is 1. The van der Waals surface area contributed by atoms with Crippen LogP contribution in [0.2, 0.25) is 5.02 Å². The molecule has 1 aromatic heterocycles. The Morgan fingerprint density at radius 3 is 2.86 bits per heavy atom. The molecule has 1 saturated carbocycles. The van der Waals surface area contributed by atoms with E-state index in [9.17, 15) is 19.1 Å². The molecule has 154 valence electrons. The van der Waals surface area contributed by atoms with Crippen molar-refractivity contribution in [2.24, 2.45) is 5.41 Å². The van der Waals surface area contributed by atoms with E-state index in [2.05, 4.69) is 10.5 Å². The summed E-state index contributed by atoms with van der Waals surface area (Å²) in [6, 6.07) is 5.50. The maximum absolute atomic E-state index is 13.6. The predicted molar refractivity (Wildman–Crippen MR) is 99.6 cm³/mol. The molecule has 1 spiro atoms. The number of benzene rings is 1. The number of rotatable bonds is 5. The fourth-order valence-corrected chi connectivity index (χ4v) is 4.33. The van der Waals surface area contributed by atoms with Gasteiger partial charge in [-0.2, -0.15) is 0 Å². The summed E-state index contributed by atoms with van der Waals surface area (Å²) < 4.78 is 24.6. The average molecular weight is 424 g/mol. The average Bonchev–Trinajstić information content (AvgIpc) is 3.11. The van der Waals surface area contributed by atoms with Gasteiger partial charge in [0.1, 0.15) is 23.4 Å². The van der Waals surface area contributed by atoms with E-state index in [-0.39, 0.29) is 34.2 Å². The lowest BCUT2D eigenvalue weighted by Crippen LogP contribution is -2.72. The molecule has 4 rings (SSSR count). The Morgan fingerprint density at radius 1 is 1.45 bits per heavy atom. The van der Waals surface area contributed by atoms with E-state index in [0.717, 1.165) is 0 Å². The number of hydrogen-bond donors (Lipinski definition) is 2. The number of nitrogens with zero attached hydrogens (tertiary/aromatic N) is 2. The normalized spacial score (nSPS) is 25.3. The third kappa shape index (κ3) is 3.50. The summed E-state index contributed by atoms with van der Waals surface area (Å²) in [5.41, 5.74) is -0.0779. The molecule has 2 heterocycles. The summed E-state index contributed by atoms with van der Waals surface area (Å²) in [4.78, 5) is 24.5. The number of carboxylic acid groups (broad SMARTS) is 1. The fourth-order valence-electron chi connectivity index (χ4n) is 4.21. The first-order valence-corrected chi connectivity index (χ1v) is 9.48. The summed E-state index contributed by atoms with van der Waals surface area (Å²) in [6.07, 6.45) is 0.462. The van der Waals surface area contributed by atoms with E-state index in [1.54, 1.807) is 6.07 Å². The number of carbonyl (C=O) groups excluding carboxylic acids is 1. The van der Waals surface area contributed by atoms with E-state index >= 15 is 0 Å². The van der Waals surface area contributed by atoms with Crippen molar-refractivity contribution < 1.29 is 28.3 Å². The SMILES string of the molecule is CNC(=O)c1cc(CC2N(C(=O)O)CC23CC(Oc2ccc(Cl)c(F)c2)C3)on1. The molecule has 2 amide bonds. The second kappa shape index (κ2) is 7.22. The molecule has 2 aliphatic rings. The predicted octanol–water partition coefficient (Wildman–Crippen LogP) is 2.96. The highest BCUT2D eigenvalue weighted by atomic mass is 35.5. The van der Waals surface area contributed by atoms with Crippen molar-refractivity contribution in [1.82, 2.24) is 15.4 Å². The fraction of sp³-hybridized carbons (Fsp3) is 0.421. The smallest absolute Gasteiger partial charge is 0.407 e. The van der Waals surface area contributed by atoms with Crippen LogP contribution in [0.1, 0.15) is 29.1 Å². The molecule has 0 bridgehead atoms. The highest BCUT2D eigenvalue weighted by Gasteiger charge is 2.62. The Kier molecular flexibility index (Phi) is 4.85. The molecule has 8 nitrogen and oxygen atoms in total. The van der Waals surface area contributed by atoms with Gasteiger partial charge < -0.3 is 24.6 Å². The molecule has 2 fully saturated rings. The zero-order chi connectivity index (χ0) is 20.8. The summed E-state index contributed by atoms with van der Waals surface area (Å²) in [5.74, 6) is -0.0778. The van der Waals surface area contributed by atoms with Crippen LogP contribution in [0, 0.1) is 11.2 Å². The Balaban J connectivity index is 1.42. The van der Waals surface area contributed by atoms with Gasteiger partial charge in [0.2, 0.25) is 0 Å². The summed E-state index contributed by atoms with van der Waals surface area (Å²) in [6.45, 7) is 0.401. The second-order valence-electron chi connectivity index (χ2n) is 7.47. The van der Waals surface area contributed by atoms with Crippen LogP contribution in [0.4, 0.5) is 9.18 Å². The van der Waals surface area contributed by atoms with Crippen molar-refractivity contribution in [1.29, 1.82) is 0 Å². The molecule has 1 saturated heterocycles. The third-order valence-corrected chi connectivity index (χ3v) is 6.00. The Morgan fingerprint density at radius 2 is 2.21 bits per heavy atom. The van der Waals surface area contributed by atoms with Crippen molar-refractivity contribution in [3.8, 4) is 5.75 Å². The second-order valence-corrected chi connectivity index (χ2v) is 7.88. The van der Waals surface area contributed by atoms with Crippen molar-refractivity contribution in [3.05, 3.63) is 46.6 Å². The zero-order valence-electron chi connectivity index (χ0n) is 15.5. The lowest BCUT2D eigenvalue weighted by molar-refractivity contribution is -0.154. The Hall–Kier alpha value is -2.81.